The van der Waals surface area contributed by atoms with Gasteiger partial charge in [-0.05, 0) is 24.5 Å². The second kappa shape index (κ2) is 6.13. The average molecular weight is 296 g/mol. The Bertz CT molecular complexity index is 515. The van der Waals surface area contributed by atoms with E-state index in [1.807, 2.05) is 24.3 Å². The SMILES string of the molecule is CC(=O)NCCNC(=O)NC1(c2ccccc2Cl)CC1. The first-order valence-corrected chi connectivity index (χ1v) is 6.97. The van der Waals surface area contributed by atoms with E-state index in [9.17, 15) is 9.59 Å². The topological polar surface area (TPSA) is 70.2 Å². The zero-order chi connectivity index (χ0) is 14.6. The average Bonchev–Trinajstić information content (AvgIpc) is 3.15. The first-order chi connectivity index (χ1) is 9.53. The molecular formula is C14H18ClN3O2. The molecule has 0 aromatic heterocycles. The van der Waals surface area contributed by atoms with E-state index in [1.165, 1.54) is 6.92 Å². The summed E-state index contributed by atoms with van der Waals surface area (Å²) in [5.41, 5.74) is 0.620. The zero-order valence-electron chi connectivity index (χ0n) is 11.3. The van der Waals surface area contributed by atoms with Gasteiger partial charge in [0.2, 0.25) is 5.91 Å². The summed E-state index contributed by atoms with van der Waals surface area (Å²) in [6.45, 7) is 2.25. The molecule has 3 N–H and O–H groups in total. The maximum Gasteiger partial charge on any atom is 0.315 e. The molecule has 0 aliphatic heterocycles. The first-order valence-electron chi connectivity index (χ1n) is 6.59. The predicted octanol–water partition coefficient (Wildman–Crippen LogP) is 1.76. The fourth-order valence-electron chi connectivity index (χ4n) is 2.11. The van der Waals surface area contributed by atoms with Gasteiger partial charge < -0.3 is 16.0 Å². The molecule has 108 valence electrons. The van der Waals surface area contributed by atoms with Crippen LogP contribution < -0.4 is 16.0 Å². The van der Waals surface area contributed by atoms with Crippen LogP contribution in [0.4, 0.5) is 4.79 Å². The quantitative estimate of drug-likeness (QED) is 0.725. The highest BCUT2D eigenvalue weighted by Gasteiger charge is 2.46. The minimum atomic E-state index is -0.337. The van der Waals surface area contributed by atoms with Gasteiger partial charge in [-0.1, -0.05) is 29.8 Å². The van der Waals surface area contributed by atoms with Gasteiger partial charge in [0.05, 0.1) is 5.54 Å². The molecule has 1 fully saturated rings. The monoisotopic (exact) mass is 295 g/mol. The van der Waals surface area contributed by atoms with Gasteiger partial charge in [0.15, 0.2) is 0 Å². The number of nitrogens with one attached hydrogen (secondary N) is 3. The summed E-state index contributed by atoms with van der Waals surface area (Å²) in [4.78, 5) is 22.5. The van der Waals surface area contributed by atoms with E-state index in [2.05, 4.69) is 16.0 Å². The molecule has 20 heavy (non-hydrogen) atoms. The Labute approximate surface area is 123 Å². The highest BCUT2D eigenvalue weighted by atomic mass is 35.5. The Morgan fingerprint density at radius 2 is 1.85 bits per heavy atom. The Morgan fingerprint density at radius 1 is 1.20 bits per heavy atom. The zero-order valence-corrected chi connectivity index (χ0v) is 12.1. The molecule has 1 saturated carbocycles. The van der Waals surface area contributed by atoms with Gasteiger partial charge in [-0.2, -0.15) is 0 Å². The van der Waals surface area contributed by atoms with Crippen LogP contribution in [0.3, 0.4) is 0 Å². The molecule has 0 spiro atoms. The predicted molar refractivity (Wildman–Crippen MR) is 77.6 cm³/mol. The lowest BCUT2D eigenvalue weighted by Gasteiger charge is -2.19. The van der Waals surface area contributed by atoms with Crippen LogP contribution in [0.2, 0.25) is 5.02 Å². The number of amides is 3. The lowest BCUT2D eigenvalue weighted by atomic mass is 10.1. The second-order valence-electron chi connectivity index (χ2n) is 4.93. The van der Waals surface area contributed by atoms with Crippen LogP contribution in [0.5, 0.6) is 0 Å². The molecule has 0 saturated heterocycles. The Kier molecular flexibility index (Phi) is 4.49. The molecule has 0 bridgehead atoms. The third-order valence-electron chi connectivity index (χ3n) is 3.28. The van der Waals surface area contributed by atoms with Crippen molar-refractivity contribution >= 4 is 23.5 Å². The van der Waals surface area contributed by atoms with Crippen LogP contribution in [0.1, 0.15) is 25.3 Å². The maximum absolute atomic E-state index is 11.8. The number of hydrogen-bond acceptors (Lipinski definition) is 2. The molecule has 0 unspecified atom stereocenters. The smallest absolute Gasteiger partial charge is 0.315 e. The molecule has 1 aliphatic rings. The van der Waals surface area contributed by atoms with Crippen molar-refractivity contribution < 1.29 is 9.59 Å². The lowest BCUT2D eigenvalue weighted by Crippen LogP contribution is -2.44. The second-order valence-corrected chi connectivity index (χ2v) is 5.33. The van der Waals surface area contributed by atoms with Gasteiger partial charge in [-0.25, -0.2) is 4.79 Å². The van der Waals surface area contributed by atoms with Crippen LogP contribution in [-0.2, 0) is 10.3 Å². The van der Waals surface area contributed by atoms with E-state index in [0.717, 1.165) is 18.4 Å². The number of carbonyl (C=O) groups is 2. The summed E-state index contributed by atoms with van der Waals surface area (Å²) >= 11 is 6.17. The van der Waals surface area contributed by atoms with Gasteiger partial charge in [0, 0.05) is 25.0 Å². The molecule has 1 aliphatic carbocycles. The number of benzene rings is 1. The number of carbonyl (C=O) groups excluding carboxylic acids is 2. The van der Waals surface area contributed by atoms with E-state index in [-0.39, 0.29) is 17.5 Å². The van der Waals surface area contributed by atoms with Crippen LogP contribution in [-0.4, -0.2) is 25.0 Å². The third-order valence-corrected chi connectivity index (χ3v) is 3.61. The van der Waals surface area contributed by atoms with Crippen molar-refractivity contribution in [1.29, 1.82) is 0 Å². The lowest BCUT2D eigenvalue weighted by molar-refractivity contribution is -0.118. The van der Waals surface area contributed by atoms with Crippen LogP contribution >= 0.6 is 11.6 Å². The molecule has 0 heterocycles. The molecule has 3 amide bonds. The first kappa shape index (κ1) is 14.7. The largest absolute Gasteiger partial charge is 0.355 e. The normalized spacial score (nSPS) is 15.3. The summed E-state index contributed by atoms with van der Waals surface area (Å²) in [6, 6.07) is 7.31. The molecule has 0 atom stereocenters. The summed E-state index contributed by atoms with van der Waals surface area (Å²) < 4.78 is 0. The van der Waals surface area contributed by atoms with E-state index < -0.39 is 0 Å². The van der Waals surface area contributed by atoms with Crippen molar-refractivity contribution in [2.45, 2.75) is 25.3 Å². The number of hydrogen-bond donors (Lipinski definition) is 3. The van der Waals surface area contributed by atoms with Crippen molar-refractivity contribution in [2.75, 3.05) is 13.1 Å². The minimum Gasteiger partial charge on any atom is -0.355 e. The summed E-state index contributed by atoms with van der Waals surface area (Å²) in [5.74, 6) is -0.109. The maximum atomic E-state index is 11.8. The van der Waals surface area contributed by atoms with Crippen molar-refractivity contribution in [3.05, 3.63) is 34.9 Å². The molecule has 5 nitrogen and oxygen atoms in total. The molecule has 2 rings (SSSR count). The summed E-state index contributed by atoms with van der Waals surface area (Å²) in [5, 5.41) is 8.97. The molecule has 1 aromatic rings. The number of halogens is 1. The van der Waals surface area contributed by atoms with Gasteiger partial charge >= 0.3 is 6.03 Å². The van der Waals surface area contributed by atoms with Crippen LogP contribution in [0.25, 0.3) is 0 Å². The molecular weight excluding hydrogens is 278 g/mol. The highest BCUT2D eigenvalue weighted by molar-refractivity contribution is 6.31. The van der Waals surface area contributed by atoms with Gasteiger partial charge in [0.25, 0.3) is 0 Å². The van der Waals surface area contributed by atoms with E-state index in [0.29, 0.717) is 18.1 Å². The summed E-state index contributed by atoms with van der Waals surface area (Å²) in [7, 11) is 0. The van der Waals surface area contributed by atoms with Gasteiger partial charge in [-0.3, -0.25) is 4.79 Å². The minimum absolute atomic E-state index is 0.109. The van der Waals surface area contributed by atoms with Crippen molar-refractivity contribution in [3.63, 3.8) is 0 Å². The van der Waals surface area contributed by atoms with Crippen molar-refractivity contribution in [1.82, 2.24) is 16.0 Å². The number of urea groups is 1. The fraction of sp³-hybridized carbons (Fsp3) is 0.429. The molecule has 6 heteroatoms. The van der Waals surface area contributed by atoms with E-state index in [1.54, 1.807) is 0 Å². The fourth-order valence-corrected chi connectivity index (χ4v) is 2.43. The van der Waals surface area contributed by atoms with Crippen LogP contribution in [0, 0.1) is 0 Å². The Balaban J connectivity index is 1.85. The van der Waals surface area contributed by atoms with Crippen LogP contribution in [0.15, 0.2) is 24.3 Å². The van der Waals surface area contributed by atoms with Crippen molar-refractivity contribution in [3.8, 4) is 0 Å². The molecule has 0 radical (unpaired) electrons. The van der Waals surface area contributed by atoms with E-state index in [4.69, 9.17) is 11.6 Å². The highest BCUT2D eigenvalue weighted by Crippen LogP contribution is 2.47. The van der Waals surface area contributed by atoms with E-state index >= 15 is 0 Å². The standard InChI is InChI=1S/C14H18ClN3O2/c1-10(19)16-8-9-17-13(20)18-14(6-7-14)11-4-2-3-5-12(11)15/h2-5H,6-9H2,1H3,(H,16,19)(H2,17,18,20). The van der Waals surface area contributed by atoms with Gasteiger partial charge in [-0.15, -0.1) is 0 Å². The third kappa shape index (κ3) is 3.63. The molecule has 1 aromatic carbocycles. The number of rotatable bonds is 5. The Morgan fingerprint density at radius 3 is 2.45 bits per heavy atom. The summed E-state index contributed by atoms with van der Waals surface area (Å²) in [6.07, 6.45) is 1.77. The Hall–Kier alpha value is -1.75. The van der Waals surface area contributed by atoms with Crippen molar-refractivity contribution in [2.24, 2.45) is 0 Å². The van der Waals surface area contributed by atoms with Gasteiger partial charge in [0.1, 0.15) is 0 Å².